The monoisotopic (exact) mass is 219 g/mol. The number of fused-ring (bicyclic) bond motifs is 1. The topological polar surface area (TPSA) is 75.9 Å². The van der Waals surface area contributed by atoms with Gasteiger partial charge in [-0.1, -0.05) is 12.8 Å². The maximum atomic E-state index is 5.92. The first kappa shape index (κ1) is 9.84. The normalized spacial score (nSPS) is 20.0. The van der Waals surface area contributed by atoms with E-state index in [1.165, 1.54) is 25.7 Å². The van der Waals surface area contributed by atoms with Gasteiger partial charge in [-0.15, -0.1) is 0 Å². The van der Waals surface area contributed by atoms with Crippen LogP contribution in [0.15, 0.2) is 0 Å². The van der Waals surface area contributed by atoms with E-state index in [2.05, 4.69) is 20.6 Å². The van der Waals surface area contributed by atoms with Gasteiger partial charge in [-0.2, -0.15) is 4.98 Å². The van der Waals surface area contributed by atoms with Crippen LogP contribution in [0.1, 0.15) is 36.9 Å². The highest BCUT2D eigenvalue weighted by Gasteiger charge is 2.20. The van der Waals surface area contributed by atoms with Crippen molar-refractivity contribution in [2.75, 3.05) is 11.1 Å². The largest absolute Gasteiger partial charge is 0.383 e. The van der Waals surface area contributed by atoms with Crippen molar-refractivity contribution in [1.29, 1.82) is 0 Å². The predicted octanol–water partition coefficient (Wildman–Crippen LogP) is 1.02. The van der Waals surface area contributed by atoms with Gasteiger partial charge in [0.2, 0.25) is 5.95 Å². The molecule has 1 aliphatic carbocycles. The summed E-state index contributed by atoms with van der Waals surface area (Å²) in [5.41, 5.74) is 8.03. The molecule has 5 nitrogen and oxygen atoms in total. The first-order valence-electron chi connectivity index (χ1n) is 5.95. The molecule has 0 atom stereocenters. The summed E-state index contributed by atoms with van der Waals surface area (Å²) in [7, 11) is 0. The molecule has 0 unspecified atom stereocenters. The van der Waals surface area contributed by atoms with Gasteiger partial charge in [-0.05, 0) is 12.8 Å². The van der Waals surface area contributed by atoms with Crippen molar-refractivity contribution in [3.63, 3.8) is 0 Å². The number of nitrogen functional groups attached to an aromatic ring is 1. The van der Waals surface area contributed by atoms with Crippen LogP contribution in [-0.4, -0.2) is 16.0 Å². The summed E-state index contributed by atoms with van der Waals surface area (Å²) in [6, 6.07) is 0.534. The van der Waals surface area contributed by atoms with Gasteiger partial charge in [0.25, 0.3) is 0 Å². The fourth-order valence-electron chi connectivity index (χ4n) is 2.51. The summed E-state index contributed by atoms with van der Waals surface area (Å²) in [6.45, 7) is 1.60. The highest BCUT2D eigenvalue weighted by atomic mass is 15.2. The van der Waals surface area contributed by atoms with Crippen molar-refractivity contribution in [3.05, 3.63) is 11.3 Å². The molecule has 0 aromatic carbocycles. The molecule has 1 aliphatic heterocycles. The Morgan fingerprint density at radius 2 is 2.00 bits per heavy atom. The van der Waals surface area contributed by atoms with Gasteiger partial charge in [0, 0.05) is 24.7 Å². The Kier molecular flexibility index (Phi) is 2.40. The lowest BCUT2D eigenvalue weighted by molar-refractivity contribution is 0.739. The maximum absolute atomic E-state index is 5.92. The number of nitrogens with zero attached hydrogens (tertiary/aromatic N) is 2. The number of hydrogen-bond donors (Lipinski definition) is 3. The molecule has 3 rings (SSSR count). The number of nitrogens with two attached hydrogens (primary N) is 1. The Bertz CT molecular complexity index is 398. The zero-order valence-electron chi connectivity index (χ0n) is 9.29. The van der Waals surface area contributed by atoms with Crippen molar-refractivity contribution in [1.82, 2.24) is 15.3 Å². The van der Waals surface area contributed by atoms with Gasteiger partial charge in [-0.25, -0.2) is 4.98 Å². The third-order valence-electron chi connectivity index (χ3n) is 3.41. The van der Waals surface area contributed by atoms with Crippen molar-refractivity contribution < 1.29 is 0 Å². The van der Waals surface area contributed by atoms with E-state index in [4.69, 9.17) is 5.73 Å². The van der Waals surface area contributed by atoms with Crippen LogP contribution >= 0.6 is 0 Å². The van der Waals surface area contributed by atoms with Crippen LogP contribution < -0.4 is 16.4 Å². The summed E-state index contributed by atoms with van der Waals surface area (Å²) >= 11 is 0. The van der Waals surface area contributed by atoms with Crippen LogP contribution in [0.3, 0.4) is 0 Å². The molecule has 5 heteroatoms. The molecule has 1 saturated carbocycles. The molecule has 2 aliphatic rings. The van der Waals surface area contributed by atoms with Crippen LogP contribution in [-0.2, 0) is 13.1 Å². The fourth-order valence-corrected chi connectivity index (χ4v) is 2.51. The van der Waals surface area contributed by atoms with E-state index in [1.807, 2.05) is 0 Å². The summed E-state index contributed by atoms with van der Waals surface area (Å²) < 4.78 is 0. The molecule has 2 heterocycles. The van der Waals surface area contributed by atoms with Crippen molar-refractivity contribution in [3.8, 4) is 0 Å². The molecule has 86 valence electrons. The summed E-state index contributed by atoms with van der Waals surface area (Å²) in [6.07, 6.45) is 5.05. The SMILES string of the molecule is Nc1nc(NC2CCCC2)nc2c1CNC2. The zero-order valence-corrected chi connectivity index (χ0v) is 9.29. The molecule has 16 heavy (non-hydrogen) atoms. The van der Waals surface area contributed by atoms with Gasteiger partial charge >= 0.3 is 0 Å². The number of rotatable bonds is 2. The van der Waals surface area contributed by atoms with Crippen LogP contribution in [0.25, 0.3) is 0 Å². The minimum atomic E-state index is 0.534. The third-order valence-corrected chi connectivity index (χ3v) is 3.41. The Morgan fingerprint density at radius 3 is 2.81 bits per heavy atom. The fraction of sp³-hybridized carbons (Fsp3) is 0.636. The highest BCUT2D eigenvalue weighted by molar-refractivity contribution is 5.48. The Hall–Kier alpha value is -1.36. The average molecular weight is 219 g/mol. The van der Waals surface area contributed by atoms with Gasteiger partial charge < -0.3 is 16.4 Å². The smallest absolute Gasteiger partial charge is 0.225 e. The van der Waals surface area contributed by atoms with E-state index < -0.39 is 0 Å². The summed E-state index contributed by atoms with van der Waals surface area (Å²) in [4.78, 5) is 8.84. The van der Waals surface area contributed by atoms with Gasteiger partial charge in [0.1, 0.15) is 5.82 Å². The lowest BCUT2D eigenvalue weighted by Crippen LogP contribution is -2.18. The van der Waals surface area contributed by atoms with Crippen LogP contribution in [0.2, 0.25) is 0 Å². The molecule has 1 fully saturated rings. The van der Waals surface area contributed by atoms with E-state index in [9.17, 15) is 0 Å². The molecule has 0 bridgehead atoms. The molecule has 0 saturated heterocycles. The third kappa shape index (κ3) is 1.71. The maximum Gasteiger partial charge on any atom is 0.225 e. The van der Waals surface area contributed by atoms with Crippen LogP contribution in [0.4, 0.5) is 11.8 Å². The van der Waals surface area contributed by atoms with Gasteiger partial charge in [0.05, 0.1) is 5.69 Å². The quantitative estimate of drug-likeness (QED) is 0.692. The molecule has 1 aromatic rings. The van der Waals surface area contributed by atoms with Crippen molar-refractivity contribution in [2.24, 2.45) is 0 Å². The summed E-state index contributed by atoms with van der Waals surface area (Å²) in [5, 5.41) is 6.62. The molecule has 4 N–H and O–H groups in total. The average Bonchev–Trinajstić information content (AvgIpc) is 2.87. The first-order chi connectivity index (χ1) is 7.83. The summed E-state index contributed by atoms with van der Waals surface area (Å²) in [5.74, 6) is 1.32. The van der Waals surface area contributed by atoms with Crippen LogP contribution in [0, 0.1) is 0 Å². The molecule has 0 radical (unpaired) electrons. The molecular weight excluding hydrogens is 202 g/mol. The van der Waals surface area contributed by atoms with E-state index in [0.717, 1.165) is 24.3 Å². The standard InChI is InChI=1S/C11H17N5/c12-10-8-5-13-6-9(8)15-11(16-10)14-7-3-1-2-4-7/h7,13H,1-6H2,(H3,12,14,15,16). The Labute approximate surface area is 94.9 Å². The molecule has 1 aromatic heterocycles. The van der Waals surface area contributed by atoms with E-state index in [-0.39, 0.29) is 0 Å². The molecule has 0 amide bonds. The van der Waals surface area contributed by atoms with Crippen LogP contribution in [0.5, 0.6) is 0 Å². The second-order valence-electron chi connectivity index (χ2n) is 4.59. The molecule has 0 spiro atoms. The van der Waals surface area contributed by atoms with E-state index in [0.29, 0.717) is 17.8 Å². The lowest BCUT2D eigenvalue weighted by atomic mass is 10.2. The second kappa shape index (κ2) is 3.90. The van der Waals surface area contributed by atoms with Gasteiger partial charge in [0.15, 0.2) is 0 Å². The first-order valence-corrected chi connectivity index (χ1v) is 5.95. The number of anilines is 2. The number of nitrogens with one attached hydrogen (secondary N) is 2. The van der Waals surface area contributed by atoms with Crippen molar-refractivity contribution >= 4 is 11.8 Å². The number of aromatic nitrogens is 2. The minimum absolute atomic E-state index is 0.534. The predicted molar refractivity (Wildman–Crippen MR) is 62.9 cm³/mol. The minimum Gasteiger partial charge on any atom is -0.383 e. The van der Waals surface area contributed by atoms with E-state index >= 15 is 0 Å². The van der Waals surface area contributed by atoms with Gasteiger partial charge in [-0.3, -0.25) is 0 Å². The Morgan fingerprint density at radius 1 is 1.19 bits per heavy atom. The highest BCUT2D eigenvalue weighted by Crippen LogP contribution is 2.24. The Balaban J connectivity index is 1.82. The van der Waals surface area contributed by atoms with Crippen molar-refractivity contribution in [2.45, 2.75) is 44.8 Å². The second-order valence-corrected chi connectivity index (χ2v) is 4.59. The van der Waals surface area contributed by atoms with E-state index in [1.54, 1.807) is 0 Å². The lowest BCUT2D eigenvalue weighted by Gasteiger charge is -2.13. The number of hydrogen-bond acceptors (Lipinski definition) is 5. The zero-order chi connectivity index (χ0) is 11.0. The molecular formula is C11H17N5.